The Balaban J connectivity index is 2.14. The predicted octanol–water partition coefficient (Wildman–Crippen LogP) is 1.17. The van der Waals surface area contributed by atoms with Crippen LogP contribution in [0.4, 0.5) is 0 Å². The van der Waals surface area contributed by atoms with Gasteiger partial charge in [0, 0.05) is 16.2 Å². The van der Waals surface area contributed by atoms with E-state index in [9.17, 15) is 0 Å². The summed E-state index contributed by atoms with van der Waals surface area (Å²) in [7, 11) is 1.77. The second-order valence-corrected chi connectivity index (χ2v) is 4.26. The van der Waals surface area contributed by atoms with Crippen molar-refractivity contribution < 1.29 is 0 Å². The van der Waals surface area contributed by atoms with Crippen molar-refractivity contribution in [1.29, 1.82) is 0 Å². The summed E-state index contributed by atoms with van der Waals surface area (Å²) in [6, 6.07) is 4.22. The Morgan fingerprint density at radius 3 is 2.85 bits per heavy atom. The second-order valence-electron chi connectivity index (χ2n) is 2.88. The van der Waals surface area contributed by atoms with E-state index < -0.39 is 0 Å². The fraction of sp³-hybridized carbons (Fsp3) is 0.375. The summed E-state index contributed by atoms with van der Waals surface area (Å²) < 4.78 is 0. The van der Waals surface area contributed by atoms with Crippen LogP contribution in [0.5, 0.6) is 0 Å². The molecule has 13 heavy (non-hydrogen) atoms. The van der Waals surface area contributed by atoms with Crippen LogP contribution in [0.15, 0.2) is 12.1 Å². The highest BCUT2D eigenvalue weighted by atomic mass is 32.1. The summed E-state index contributed by atoms with van der Waals surface area (Å²) in [6.45, 7) is 2.10. The molecule has 0 aliphatic carbocycles. The van der Waals surface area contributed by atoms with Gasteiger partial charge < -0.3 is 0 Å². The van der Waals surface area contributed by atoms with Gasteiger partial charge >= 0.3 is 0 Å². The van der Waals surface area contributed by atoms with Crippen LogP contribution in [0.3, 0.4) is 0 Å². The van der Waals surface area contributed by atoms with Crippen molar-refractivity contribution in [3.63, 3.8) is 0 Å². The van der Waals surface area contributed by atoms with Gasteiger partial charge in [0.1, 0.15) is 0 Å². The zero-order valence-electron chi connectivity index (χ0n) is 7.56. The number of rotatable bonds is 2. The van der Waals surface area contributed by atoms with Crippen LogP contribution in [0.25, 0.3) is 0 Å². The van der Waals surface area contributed by atoms with E-state index in [-0.39, 0.29) is 0 Å². The number of tetrazole rings is 1. The molecule has 0 spiro atoms. The van der Waals surface area contributed by atoms with Crippen LogP contribution in [0.1, 0.15) is 15.6 Å². The van der Waals surface area contributed by atoms with Crippen molar-refractivity contribution in [3.8, 4) is 0 Å². The van der Waals surface area contributed by atoms with Crippen LogP contribution in [-0.2, 0) is 13.5 Å². The molecule has 0 atom stereocenters. The molecule has 0 saturated carbocycles. The number of aryl methyl sites for hydroxylation is 2. The van der Waals surface area contributed by atoms with Crippen molar-refractivity contribution in [2.45, 2.75) is 13.3 Å². The zero-order valence-corrected chi connectivity index (χ0v) is 8.38. The van der Waals surface area contributed by atoms with E-state index in [4.69, 9.17) is 0 Å². The number of thiophene rings is 1. The Morgan fingerprint density at radius 1 is 1.46 bits per heavy atom. The number of nitrogens with zero attached hydrogens (tertiary/aromatic N) is 4. The molecule has 0 fully saturated rings. The van der Waals surface area contributed by atoms with E-state index in [1.165, 1.54) is 14.6 Å². The van der Waals surface area contributed by atoms with Gasteiger partial charge in [0.2, 0.25) is 0 Å². The van der Waals surface area contributed by atoms with Crippen molar-refractivity contribution in [2.24, 2.45) is 7.05 Å². The minimum absolute atomic E-state index is 0.782. The molecule has 2 aromatic rings. The monoisotopic (exact) mass is 194 g/mol. The topological polar surface area (TPSA) is 43.6 Å². The molecule has 68 valence electrons. The maximum atomic E-state index is 4.12. The normalized spacial score (nSPS) is 10.6. The minimum Gasteiger partial charge on any atom is -0.167 e. The molecule has 5 heteroatoms. The lowest BCUT2D eigenvalue weighted by Gasteiger charge is -1.87. The first-order chi connectivity index (χ1) is 6.24. The molecule has 0 saturated heterocycles. The van der Waals surface area contributed by atoms with Gasteiger partial charge in [-0.2, -0.15) is 4.80 Å². The Kier molecular flexibility index (Phi) is 2.10. The smallest absolute Gasteiger partial charge is 0.167 e. The highest BCUT2D eigenvalue weighted by Crippen LogP contribution is 2.16. The summed E-state index contributed by atoms with van der Waals surface area (Å²) in [5, 5.41) is 11.8. The van der Waals surface area contributed by atoms with E-state index in [2.05, 4.69) is 34.5 Å². The van der Waals surface area contributed by atoms with Crippen LogP contribution in [0, 0.1) is 6.92 Å². The predicted molar refractivity (Wildman–Crippen MR) is 50.7 cm³/mol. The van der Waals surface area contributed by atoms with Crippen LogP contribution < -0.4 is 0 Å². The fourth-order valence-corrected chi connectivity index (χ4v) is 2.02. The minimum atomic E-state index is 0.782. The van der Waals surface area contributed by atoms with E-state index in [1.54, 1.807) is 18.4 Å². The standard InChI is InChI=1S/C8H10N4S/c1-6-3-4-7(13-6)5-8-9-11-12(2)10-8/h3-4H,5H2,1-2H3. The van der Waals surface area contributed by atoms with Gasteiger partial charge in [-0.25, -0.2) is 0 Å². The first kappa shape index (κ1) is 8.37. The van der Waals surface area contributed by atoms with Crippen LogP contribution >= 0.6 is 11.3 Å². The zero-order chi connectivity index (χ0) is 9.26. The molecular weight excluding hydrogens is 184 g/mol. The molecule has 4 nitrogen and oxygen atoms in total. The Bertz CT molecular complexity index is 365. The lowest BCUT2D eigenvalue weighted by atomic mass is 10.3. The summed E-state index contributed by atoms with van der Waals surface area (Å²) in [5.74, 6) is 0.782. The summed E-state index contributed by atoms with van der Waals surface area (Å²) in [5.41, 5.74) is 0. The van der Waals surface area contributed by atoms with E-state index >= 15 is 0 Å². The maximum Gasteiger partial charge on any atom is 0.179 e. The van der Waals surface area contributed by atoms with Crippen LogP contribution in [0.2, 0.25) is 0 Å². The van der Waals surface area contributed by atoms with Crippen molar-refractivity contribution in [3.05, 3.63) is 27.7 Å². The molecule has 0 aliphatic heterocycles. The van der Waals surface area contributed by atoms with Crippen molar-refractivity contribution in [1.82, 2.24) is 20.2 Å². The molecule has 2 rings (SSSR count). The first-order valence-corrected chi connectivity index (χ1v) is 4.84. The number of hydrogen-bond acceptors (Lipinski definition) is 4. The fourth-order valence-electron chi connectivity index (χ4n) is 1.13. The van der Waals surface area contributed by atoms with Crippen molar-refractivity contribution in [2.75, 3.05) is 0 Å². The maximum absolute atomic E-state index is 4.12. The lowest BCUT2D eigenvalue weighted by molar-refractivity contribution is 0.628. The largest absolute Gasteiger partial charge is 0.179 e. The highest BCUT2D eigenvalue weighted by molar-refractivity contribution is 7.11. The molecule has 0 radical (unpaired) electrons. The van der Waals surface area contributed by atoms with Gasteiger partial charge in [0.15, 0.2) is 5.82 Å². The lowest BCUT2D eigenvalue weighted by Crippen LogP contribution is -1.93. The Morgan fingerprint density at radius 2 is 2.31 bits per heavy atom. The first-order valence-electron chi connectivity index (χ1n) is 4.02. The average Bonchev–Trinajstić information content (AvgIpc) is 2.62. The Labute approximate surface area is 80.2 Å². The van der Waals surface area contributed by atoms with Gasteiger partial charge in [0.25, 0.3) is 0 Å². The van der Waals surface area contributed by atoms with Gasteiger partial charge in [0.05, 0.1) is 7.05 Å². The summed E-state index contributed by atoms with van der Waals surface area (Å²) in [6.07, 6.45) is 0.784. The molecule has 0 amide bonds. The van der Waals surface area contributed by atoms with Gasteiger partial charge in [-0.05, 0) is 24.3 Å². The van der Waals surface area contributed by atoms with Gasteiger partial charge in [-0.15, -0.1) is 21.5 Å². The van der Waals surface area contributed by atoms with E-state index in [1.807, 2.05) is 0 Å². The third-order valence-corrected chi connectivity index (χ3v) is 2.68. The van der Waals surface area contributed by atoms with Crippen molar-refractivity contribution >= 4 is 11.3 Å². The average molecular weight is 194 g/mol. The molecule has 0 aliphatic rings. The second kappa shape index (κ2) is 3.26. The highest BCUT2D eigenvalue weighted by Gasteiger charge is 2.03. The third kappa shape index (κ3) is 1.92. The quantitative estimate of drug-likeness (QED) is 0.720. The third-order valence-electron chi connectivity index (χ3n) is 1.68. The number of hydrogen-bond donors (Lipinski definition) is 0. The molecule has 0 unspecified atom stereocenters. The van der Waals surface area contributed by atoms with E-state index in [0.29, 0.717) is 0 Å². The molecule has 2 aromatic heterocycles. The molecule has 0 aromatic carbocycles. The van der Waals surface area contributed by atoms with Gasteiger partial charge in [-0.3, -0.25) is 0 Å². The summed E-state index contributed by atoms with van der Waals surface area (Å²) in [4.78, 5) is 4.08. The Hall–Kier alpha value is -1.23. The van der Waals surface area contributed by atoms with E-state index in [0.717, 1.165) is 12.2 Å². The van der Waals surface area contributed by atoms with Crippen LogP contribution in [-0.4, -0.2) is 20.2 Å². The molecular formula is C8H10N4S. The van der Waals surface area contributed by atoms with Gasteiger partial charge in [-0.1, -0.05) is 0 Å². The number of aromatic nitrogens is 4. The summed E-state index contributed by atoms with van der Waals surface area (Å²) >= 11 is 1.77. The molecule has 0 bridgehead atoms. The molecule has 2 heterocycles. The molecule has 0 N–H and O–H groups in total. The SMILES string of the molecule is Cc1ccc(Cc2nnn(C)n2)s1.